The van der Waals surface area contributed by atoms with Gasteiger partial charge in [0.25, 0.3) is 0 Å². The first-order valence-electron chi connectivity index (χ1n) is 11.5. The Morgan fingerprint density at radius 3 is 2.85 bits per heavy atom. The van der Waals surface area contributed by atoms with Gasteiger partial charge in [0.2, 0.25) is 0 Å². The van der Waals surface area contributed by atoms with E-state index in [1.54, 1.807) is 0 Å². The van der Waals surface area contributed by atoms with Crippen molar-refractivity contribution in [2.45, 2.75) is 33.2 Å². The minimum absolute atomic E-state index is 0.312. The highest BCUT2D eigenvalue weighted by Crippen LogP contribution is 2.32. The molecule has 6 heteroatoms. The fourth-order valence-electron chi connectivity index (χ4n) is 4.26. The zero-order valence-corrected chi connectivity index (χ0v) is 19.7. The number of para-hydroxylation sites is 1. The minimum atomic E-state index is 0.312. The maximum absolute atomic E-state index is 4.96. The van der Waals surface area contributed by atoms with Crippen molar-refractivity contribution in [3.05, 3.63) is 90.5 Å². The summed E-state index contributed by atoms with van der Waals surface area (Å²) in [4.78, 5) is 13.1. The van der Waals surface area contributed by atoms with Gasteiger partial charge in [-0.15, -0.1) is 0 Å². The molecule has 0 aliphatic heterocycles. The van der Waals surface area contributed by atoms with Crippen LogP contribution in [0.2, 0.25) is 0 Å². The average molecular weight is 449 g/mol. The third-order valence-electron chi connectivity index (χ3n) is 5.86. The van der Waals surface area contributed by atoms with E-state index < -0.39 is 0 Å². The molecule has 0 amide bonds. The topological polar surface area (TPSA) is 82.3 Å². The lowest BCUT2D eigenvalue weighted by Crippen LogP contribution is -2.20. The van der Waals surface area contributed by atoms with E-state index in [1.807, 2.05) is 19.2 Å². The molecule has 0 saturated carbocycles. The average Bonchev–Trinajstić information content (AvgIpc) is 3.59. The van der Waals surface area contributed by atoms with Gasteiger partial charge in [-0.05, 0) is 62.6 Å². The maximum Gasteiger partial charge on any atom is 0.159 e. The quantitative estimate of drug-likeness (QED) is 0.289. The van der Waals surface area contributed by atoms with Gasteiger partial charge in [0, 0.05) is 22.7 Å². The van der Waals surface area contributed by atoms with Crippen LogP contribution in [0.4, 0.5) is 0 Å². The van der Waals surface area contributed by atoms with Crippen LogP contribution < -0.4 is 5.32 Å². The van der Waals surface area contributed by atoms with Gasteiger partial charge in [-0.25, -0.2) is 4.98 Å². The molecule has 3 N–H and O–H groups in total. The molecular formula is C28H28N6. The fourth-order valence-corrected chi connectivity index (χ4v) is 4.26. The Bertz CT molecular complexity index is 1510. The van der Waals surface area contributed by atoms with E-state index in [2.05, 4.69) is 101 Å². The van der Waals surface area contributed by atoms with Crippen molar-refractivity contribution in [3.63, 3.8) is 0 Å². The number of hydrogen-bond acceptors (Lipinski definition) is 4. The van der Waals surface area contributed by atoms with Crippen molar-refractivity contribution in [3.8, 4) is 11.5 Å². The Labute approximate surface area is 198 Å². The van der Waals surface area contributed by atoms with Crippen molar-refractivity contribution in [2.24, 2.45) is 0 Å². The minimum Gasteiger partial charge on any atom is -0.383 e. The van der Waals surface area contributed by atoms with Gasteiger partial charge >= 0.3 is 0 Å². The fraction of sp³-hybridized carbons (Fsp3) is 0.179. The number of benzene rings is 1. The van der Waals surface area contributed by atoms with Crippen molar-refractivity contribution >= 4 is 33.1 Å². The maximum atomic E-state index is 4.96. The number of rotatable bonds is 7. The van der Waals surface area contributed by atoms with E-state index >= 15 is 0 Å². The van der Waals surface area contributed by atoms with Crippen LogP contribution in [0.15, 0.2) is 79.2 Å². The molecule has 1 aliphatic rings. The smallest absolute Gasteiger partial charge is 0.159 e. The number of fused-ring (bicyclic) bond motifs is 2. The molecule has 5 rings (SSSR count). The molecule has 0 fully saturated rings. The molecule has 170 valence electrons. The Kier molecular flexibility index (Phi) is 5.72. The molecule has 34 heavy (non-hydrogen) atoms. The summed E-state index contributed by atoms with van der Waals surface area (Å²) >= 11 is 0. The molecule has 0 radical (unpaired) electrons. The molecule has 1 aliphatic carbocycles. The van der Waals surface area contributed by atoms with Gasteiger partial charge in [-0.3, -0.25) is 10.1 Å². The van der Waals surface area contributed by atoms with Crippen LogP contribution in [0.5, 0.6) is 0 Å². The van der Waals surface area contributed by atoms with Crippen LogP contribution in [0.25, 0.3) is 44.6 Å². The van der Waals surface area contributed by atoms with Crippen LogP contribution >= 0.6 is 0 Å². The second kappa shape index (κ2) is 8.98. The third kappa shape index (κ3) is 3.99. The lowest BCUT2D eigenvalue weighted by Gasteiger charge is -2.12. The first-order chi connectivity index (χ1) is 16.6. The van der Waals surface area contributed by atoms with E-state index in [0.29, 0.717) is 6.04 Å². The summed E-state index contributed by atoms with van der Waals surface area (Å²) in [6.07, 6.45) is 15.3. The number of nitrogens with one attached hydrogen (secondary N) is 3. The lowest BCUT2D eigenvalue weighted by atomic mass is 10.1. The Hall–Kier alpha value is -4.19. The molecule has 1 aromatic carbocycles. The molecule has 0 unspecified atom stereocenters. The van der Waals surface area contributed by atoms with E-state index in [4.69, 9.17) is 4.98 Å². The second-order valence-electron chi connectivity index (χ2n) is 8.62. The highest BCUT2D eigenvalue weighted by molar-refractivity contribution is 5.97. The second-order valence-corrected chi connectivity index (χ2v) is 8.62. The number of hydrogen-bond donors (Lipinski definition) is 3. The molecule has 3 heterocycles. The molecule has 3 aromatic heterocycles. The summed E-state index contributed by atoms with van der Waals surface area (Å²) in [6, 6.07) is 8.60. The SMILES string of the molecule is C=C/C(=C\C(=C/C)c1cc2c(-c3nc4c(C5=CCC=C5)cccc4[nH]3)n[nH]c2cn1)NC(C)C. The molecular weight excluding hydrogens is 420 g/mol. The van der Waals surface area contributed by atoms with Crippen molar-refractivity contribution in [1.29, 1.82) is 0 Å². The monoisotopic (exact) mass is 448 g/mol. The van der Waals surface area contributed by atoms with Gasteiger partial charge in [0.15, 0.2) is 5.82 Å². The summed E-state index contributed by atoms with van der Waals surface area (Å²) in [5.74, 6) is 0.735. The predicted octanol–water partition coefficient (Wildman–Crippen LogP) is 6.32. The summed E-state index contributed by atoms with van der Waals surface area (Å²) in [5.41, 5.74) is 8.75. The standard InChI is InChI=1S/C28H28N6/c1-5-18(14-20(6-2)30-17(3)4)24-15-22-25(16-29-24)33-34-27(22)28-31-23-13-9-12-21(26(23)32-28)19-10-7-8-11-19/h5-7,9-17,30H,2,8H2,1,3-4H3,(H,31,32)(H,33,34)/b18-5+,20-14+. The van der Waals surface area contributed by atoms with Gasteiger partial charge in [-0.1, -0.05) is 43.0 Å². The summed E-state index contributed by atoms with van der Waals surface area (Å²) in [7, 11) is 0. The first kappa shape index (κ1) is 21.6. The van der Waals surface area contributed by atoms with Gasteiger partial charge in [0.05, 0.1) is 28.4 Å². The zero-order valence-electron chi connectivity index (χ0n) is 19.7. The molecule has 0 atom stereocenters. The third-order valence-corrected chi connectivity index (χ3v) is 5.86. The summed E-state index contributed by atoms with van der Waals surface area (Å²) in [5, 5.41) is 12.1. The van der Waals surface area contributed by atoms with Crippen molar-refractivity contribution in [1.82, 2.24) is 30.5 Å². The number of pyridine rings is 1. The van der Waals surface area contributed by atoms with Crippen LogP contribution in [-0.4, -0.2) is 31.2 Å². The van der Waals surface area contributed by atoms with Crippen molar-refractivity contribution in [2.75, 3.05) is 0 Å². The number of allylic oxidation sites excluding steroid dienone is 8. The highest BCUT2D eigenvalue weighted by Gasteiger charge is 2.17. The van der Waals surface area contributed by atoms with E-state index in [0.717, 1.165) is 62.4 Å². The first-order valence-corrected chi connectivity index (χ1v) is 11.5. The van der Waals surface area contributed by atoms with Crippen LogP contribution in [0.1, 0.15) is 38.4 Å². The number of aromatic amines is 2. The van der Waals surface area contributed by atoms with Crippen LogP contribution in [0.3, 0.4) is 0 Å². The Morgan fingerprint density at radius 2 is 2.12 bits per heavy atom. The van der Waals surface area contributed by atoms with Gasteiger partial charge in [-0.2, -0.15) is 5.10 Å². The molecule has 0 saturated heterocycles. The van der Waals surface area contributed by atoms with Gasteiger partial charge < -0.3 is 10.3 Å². The molecule has 4 aromatic rings. The summed E-state index contributed by atoms with van der Waals surface area (Å²) < 4.78 is 0. The number of aromatic nitrogens is 5. The van der Waals surface area contributed by atoms with E-state index in [1.165, 1.54) is 5.57 Å². The molecule has 0 bridgehead atoms. The van der Waals surface area contributed by atoms with Crippen LogP contribution in [0, 0.1) is 0 Å². The Morgan fingerprint density at radius 1 is 1.24 bits per heavy atom. The van der Waals surface area contributed by atoms with Crippen molar-refractivity contribution < 1.29 is 0 Å². The summed E-state index contributed by atoms with van der Waals surface area (Å²) in [6.45, 7) is 10.2. The molecule has 0 spiro atoms. The number of nitrogens with zero attached hydrogens (tertiary/aromatic N) is 3. The van der Waals surface area contributed by atoms with E-state index in [9.17, 15) is 0 Å². The molecule has 6 nitrogen and oxygen atoms in total. The number of imidazole rings is 1. The van der Waals surface area contributed by atoms with Gasteiger partial charge in [0.1, 0.15) is 5.69 Å². The predicted molar refractivity (Wildman–Crippen MR) is 141 cm³/mol. The zero-order chi connectivity index (χ0) is 23.7. The Balaban J connectivity index is 1.58. The normalized spacial score (nSPS) is 14.4. The largest absolute Gasteiger partial charge is 0.383 e. The highest BCUT2D eigenvalue weighted by atomic mass is 15.1. The van der Waals surface area contributed by atoms with E-state index in [-0.39, 0.29) is 0 Å². The van der Waals surface area contributed by atoms with Crippen LogP contribution in [-0.2, 0) is 0 Å². The lowest BCUT2D eigenvalue weighted by molar-refractivity contribution is 0.682. The number of H-pyrrole nitrogens is 2.